The Kier molecular flexibility index (Phi) is 7.43. The molecule has 1 N–H and O–H groups in total. The Bertz CT molecular complexity index is 1470. The summed E-state index contributed by atoms with van der Waals surface area (Å²) in [6.45, 7) is 2.07. The van der Waals surface area contributed by atoms with Crippen LogP contribution in [-0.2, 0) is 20.7 Å². The second-order valence-corrected chi connectivity index (χ2v) is 10.4. The number of hydrogen-bond acceptors (Lipinski definition) is 5. The summed E-state index contributed by atoms with van der Waals surface area (Å²) < 4.78 is 11.5. The van der Waals surface area contributed by atoms with Crippen molar-refractivity contribution in [3.8, 4) is 11.5 Å². The SMILES string of the molecule is CN1C(=O)N[C@@H](c2cccc(Oc3ccccc3)c2)C2=C1CN([C@@H](Cc1ccccc1)C(=O)N1CCOCC1)C2=O. The van der Waals surface area contributed by atoms with Crippen molar-refractivity contribution in [1.29, 1.82) is 0 Å². The van der Waals surface area contributed by atoms with Gasteiger partial charge in [-0.05, 0) is 35.4 Å². The summed E-state index contributed by atoms with van der Waals surface area (Å²) in [7, 11) is 1.66. The molecular weight excluding hydrogens is 520 g/mol. The standard InChI is InChI=1S/C32H32N4O5/c1-34-27-21-36(26(19-22-9-4-2-5-10-22)30(37)35-15-17-40-18-16-35)31(38)28(27)29(33-32(34)39)23-11-8-14-25(20-23)41-24-12-6-3-7-13-24/h2-14,20,26,29H,15-19,21H2,1H3,(H,33,39)/t26-,29-/m0/s1. The summed E-state index contributed by atoms with van der Waals surface area (Å²) in [5.41, 5.74) is 2.76. The molecule has 0 radical (unpaired) electrons. The Hall–Kier alpha value is -4.63. The van der Waals surface area contributed by atoms with Crippen molar-refractivity contribution >= 4 is 17.8 Å². The number of likely N-dealkylation sites (N-methyl/N-ethyl adjacent to an activating group) is 1. The number of carbonyl (C=O) groups excluding carboxylic acids is 3. The minimum atomic E-state index is -0.717. The number of ether oxygens (including phenoxy) is 2. The first-order valence-corrected chi connectivity index (χ1v) is 13.8. The number of nitrogens with zero attached hydrogens (tertiary/aromatic N) is 3. The highest BCUT2D eigenvalue weighted by Crippen LogP contribution is 2.38. The van der Waals surface area contributed by atoms with Crippen LogP contribution in [0.5, 0.6) is 11.5 Å². The largest absolute Gasteiger partial charge is 0.457 e. The van der Waals surface area contributed by atoms with Crippen molar-refractivity contribution in [2.45, 2.75) is 18.5 Å². The van der Waals surface area contributed by atoms with E-state index in [0.29, 0.717) is 55.5 Å². The fraction of sp³-hybridized carbons (Fsp3) is 0.281. The van der Waals surface area contributed by atoms with Gasteiger partial charge in [-0.2, -0.15) is 0 Å². The van der Waals surface area contributed by atoms with Crippen LogP contribution in [0, 0.1) is 0 Å². The molecule has 0 bridgehead atoms. The average Bonchev–Trinajstić information content (AvgIpc) is 3.36. The minimum Gasteiger partial charge on any atom is -0.457 e. The molecule has 1 fully saturated rings. The van der Waals surface area contributed by atoms with E-state index in [4.69, 9.17) is 9.47 Å². The van der Waals surface area contributed by atoms with E-state index in [9.17, 15) is 14.4 Å². The van der Waals surface area contributed by atoms with Crippen LogP contribution in [0.15, 0.2) is 96.2 Å². The number of hydrogen-bond donors (Lipinski definition) is 1. The van der Waals surface area contributed by atoms with Gasteiger partial charge in [-0.15, -0.1) is 0 Å². The summed E-state index contributed by atoms with van der Waals surface area (Å²) in [5.74, 6) is 0.914. The van der Waals surface area contributed by atoms with Crippen molar-refractivity contribution in [1.82, 2.24) is 20.0 Å². The Labute approximate surface area is 238 Å². The lowest BCUT2D eigenvalue weighted by atomic mass is 9.95. The molecule has 0 unspecified atom stereocenters. The van der Waals surface area contributed by atoms with Crippen molar-refractivity contribution in [2.24, 2.45) is 0 Å². The second-order valence-electron chi connectivity index (χ2n) is 10.4. The van der Waals surface area contributed by atoms with Gasteiger partial charge in [-0.25, -0.2) is 4.79 Å². The lowest BCUT2D eigenvalue weighted by Crippen LogP contribution is -2.53. The van der Waals surface area contributed by atoms with Crippen LogP contribution in [0.3, 0.4) is 0 Å². The lowest BCUT2D eigenvalue weighted by Gasteiger charge is -2.34. The lowest BCUT2D eigenvalue weighted by molar-refractivity contribution is -0.145. The monoisotopic (exact) mass is 552 g/mol. The van der Waals surface area contributed by atoms with Crippen molar-refractivity contribution in [2.75, 3.05) is 39.9 Å². The van der Waals surface area contributed by atoms with Gasteiger partial charge in [0, 0.05) is 26.6 Å². The van der Waals surface area contributed by atoms with Gasteiger partial charge < -0.3 is 24.6 Å². The number of para-hydroxylation sites is 1. The first-order chi connectivity index (χ1) is 20.0. The fourth-order valence-electron chi connectivity index (χ4n) is 5.63. The molecule has 2 atom stereocenters. The molecule has 9 nitrogen and oxygen atoms in total. The van der Waals surface area contributed by atoms with Crippen molar-refractivity contribution in [3.63, 3.8) is 0 Å². The van der Waals surface area contributed by atoms with E-state index in [0.717, 1.165) is 11.1 Å². The number of benzene rings is 3. The number of morpholine rings is 1. The molecule has 0 aliphatic carbocycles. The molecular formula is C32H32N4O5. The predicted molar refractivity (Wildman–Crippen MR) is 152 cm³/mol. The summed E-state index contributed by atoms with van der Waals surface area (Å²) in [6.07, 6.45) is 0.374. The summed E-state index contributed by atoms with van der Waals surface area (Å²) in [6, 6.07) is 24.8. The van der Waals surface area contributed by atoms with E-state index in [1.165, 1.54) is 4.90 Å². The first kappa shape index (κ1) is 26.6. The molecule has 6 rings (SSSR count). The number of amides is 4. The molecule has 41 heavy (non-hydrogen) atoms. The Morgan fingerprint density at radius 2 is 1.63 bits per heavy atom. The summed E-state index contributed by atoms with van der Waals surface area (Å²) in [4.78, 5) is 46.1. The van der Waals surface area contributed by atoms with E-state index in [-0.39, 0.29) is 24.4 Å². The zero-order chi connectivity index (χ0) is 28.3. The second kappa shape index (κ2) is 11.5. The number of nitrogens with one attached hydrogen (secondary N) is 1. The normalized spacial score (nSPS) is 19.6. The maximum absolute atomic E-state index is 14.2. The predicted octanol–water partition coefficient (Wildman–Crippen LogP) is 3.74. The number of carbonyl (C=O) groups is 3. The smallest absolute Gasteiger partial charge is 0.322 e. The quantitative estimate of drug-likeness (QED) is 0.482. The van der Waals surface area contributed by atoms with Gasteiger partial charge in [0.05, 0.1) is 37.1 Å². The first-order valence-electron chi connectivity index (χ1n) is 13.8. The maximum Gasteiger partial charge on any atom is 0.322 e. The zero-order valence-electron chi connectivity index (χ0n) is 22.9. The molecule has 3 heterocycles. The van der Waals surface area contributed by atoms with Crippen LogP contribution in [0.2, 0.25) is 0 Å². The molecule has 0 saturated carbocycles. The van der Waals surface area contributed by atoms with Crippen molar-refractivity contribution in [3.05, 3.63) is 107 Å². The van der Waals surface area contributed by atoms with Gasteiger partial charge in [-0.3, -0.25) is 14.5 Å². The number of rotatable bonds is 7. The van der Waals surface area contributed by atoms with Crippen LogP contribution < -0.4 is 10.1 Å². The highest BCUT2D eigenvalue weighted by molar-refractivity contribution is 6.03. The van der Waals surface area contributed by atoms with E-state index >= 15 is 0 Å². The van der Waals surface area contributed by atoms with E-state index in [1.54, 1.807) is 16.8 Å². The van der Waals surface area contributed by atoms with Crippen LogP contribution in [-0.4, -0.2) is 78.5 Å². The van der Waals surface area contributed by atoms with Crippen LogP contribution in [0.25, 0.3) is 0 Å². The molecule has 3 aromatic carbocycles. The molecule has 0 aromatic heterocycles. The highest BCUT2D eigenvalue weighted by atomic mass is 16.5. The van der Waals surface area contributed by atoms with Gasteiger partial charge >= 0.3 is 6.03 Å². The summed E-state index contributed by atoms with van der Waals surface area (Å²) in [5, 5.41) is 2.99. The maximum atomic E-state index is 14.2. The average molecular weight is 553 g/mol. The Morgan fingerprint density at radius 1 is 0.951 bits per heavy atom. The summed E-state index contributed by atoms with van der Waals surface area (Å²) >= 11 is 0. The van der Waals surface area contributed by atoms with Crippen LogP contribution in [0.4, 0.5) is 4.79 Å². The Balaban J connectivity index is 1.32. The molecule has 3 aromatic rings. The third kappa shape index (κ3) is 5.40. The molecule has 3 aliphatic heterocycles. The van der Waals surface area contributed by atoms with Crippen LogP contribution >= 0.6 is 0 Å². The van der Waals surface area contributed by atoms with Gasteiger partial charge in [0.25, 0.3) is 5.91 Å². The van der Waals surface area contributed by atoms with Gasteiger partial charge in [0.15, 0.2) is 0 Å². The molecule has 0 spiro atoms. The molecule has 210 valence electrons. The molecule has 4 amide bonds. The topological polar surface area (TPSA) is 91.4 Å². The van der Waals surface area contributed by atoms with Gasteiger partial charge in [0.1, 0.15) is 17.5 Å². The number of urea groups is 1. The Morgan fingerprint density at radius 3 is 2.37 bits per heavy atom. The minimum absolute atomic E-state index is 0.109. The van der Waals surface area contributed by atoms with Gasteiger partial charge in [0.2, 0.25) is 5.91 Å². The van der Waals surface area contributed by atoms with Crippen LogP contribution in [0.1, 0.15) is 17.2 Å². The van der Waals surface area contributed by atoms with E-state index < -0.39 is 12.1 Å². The van der Waals surface area contributed by atoms with Gasteiger partial charge in [-0.1, -0.05) is 60.7 Å². The molecule has 3 aliphatic rings. The van der Waals surface area contributed by atoms with Crippen molar-refractivity contribution < 1.29 is 23.9 Å². The zero-order valence-corrected chi connectivity index (χ0v) is 22.9. The molecule has 1 saturated heterocycles. The highest BCUT2D eigenvalue weighted by Gasteiger charge is 2.47. The third-order valence-electron chi connectivity index (χ3n) is 7.81. The fourth-order valence-corrected chi connectivity index (χ4v) is 5.63. The van der Waals surface area contributed by atoms with E-state index in [2.05, 4.69) is 5.32 Å². The molecule has 9 heteroatoms. The van der Waals surface area contributed by atoms with E-state index in [1.807, 2.05) is 84.9 Å². The third-order valence-corrected chi connectivity index (χ3v) is 7.81.